The lowest BCUT2D eigenvalue weighted by atomic mass is 10.1. The Labute approximate surface area is 179 Å². The second-order valence-corrected chi connectivity index (χ2v) is 6.70. The van der Waals surface area contributed by atoms with Crippen molar-refractivity contribution in [2.75, 3.05) is 19.0 Å². The zero-order valence-corrected chi connectivity index (χ0v) is 16.8. The highest BCUT2D eigenvalue weighted by Gasteiger charge is 2.28. The van der Waals surface area contributed by atoms with E-state index in [1.165, 1.54) is 43.8 Å². The number of nitrogens with zero attached hydrogens (tertiary/aromatic N) is 2. The summed E-state index contributed by atoms with van der Waals surface area (Å²) in [6.45, 7) is -1.48. The lowest BCUT2D eigenvalue weighted by molar-refractivity contribution is -0.123. The van der Waals surface area contributed by atoms with Gasteiger partial charge in [0, 0.05) is 11.6 Å². The summed E-state index contributed by atoms with van der Waals surface area (Å²) in [4.78, 5) is 20.6. The third kappa shape index (κ3) is 5.76. The first-order valence-electron chi connectivity index (χ1n) is 8.77. The van der Waals surface area contributed by atoms with Gasteiger partial charge in [0.2, 0.25) is 0 Å². The lowest BCUT2D eigenvalue weighted by Gasteiger charge is -2.15. The van der Waals surface area contributed by atoms with E-state index in [1.54, 1.807) is 17.4 Å². The van der Waals surface area contributed by atoms with Crippen LogP contribution in [0.15, 0.2) is 48.8 Å². The van der Waals surface area contributed by atoms with Crippen LogP contribution >= 0.6 is 11.6 Å². The quantitative estimate of drug-likeness (QED) is 0.508. The standard InChI is InChI=1S/C20H16ClF3N4O3/c1-31-17-7-15(14(21)6-13(17)19(30)26-10-20(22,23)24)27-18-9-25-8-16(28-18)11-2-4-12(29)5-3-11/h2-9,29H,10H2,1H3,(H,26,30)(H,27,28). The molecule has 31 heavy (non-hydrogen) atoms. The molecule has 3 N–H and O–H groups in total. The summed E-state index contributed by atoms with van der Waals surface area (Å²) in [5, 5.41) is 14.2. The van der Waals surface area contributed by atoms with E-state index in [1.807, 2.05) is 0 Å². The van der Waals surface area contributed by atoms with Gasteiger partial charge in [-0.1, -0.05) is 11.6 Å². The molecule has 0 spiro atoms. The Balaban J connectivity index is 1.85. The molecule has 0 saturated heterocycles. The molecule has 0 radical (unpaired) electrons. The van der Waals surface area contributed by atoms with Crippen molar-refractivity contribution < 1.29 is 27.8 Å². The van der Waals surface area contributed by atoms with Gasteiger partial charge in [-0.25, -0.2) is 4.98 Å². The maximum absolute atomic E-state index is 12.4. The van der Waals surface area contributed by atoms with Gasteiger partial charge in [-0.2, -0.15) is 13.2 Å². The van der Waals surface area contributed by atoms with E-state index >= 15 is 0 Å². The molecule has 1 aromatic heterocycles. The smallest absolute Gasteiger partial charge is 0.405 e. The summed E-state index contributed by atoms with van der Waals surface area (Å²) >= 11 is 6.22. The molecule has 0 saturated carbocycles. The SMILES string of the molecule is COc1cc(Nc2cncc(-c3ccc(O)cc3)n2)c(Cl)cc1C(=O)NCC(F)(F)F. The summed E-state index contributed by atoms with van der Waals surface area (Å²) in [5.41, 5.74) is 1.40. The van der Waals surface area contributed by atoms with Crippen molar-refractivity contribution in [2.24, 2.45) is 0 Å². The number of alkyl halides is 3. The number of rotatable bonds is 6. The maximum atomic E-state index is 12.4. The van der Waals surface area contributed by atoms with E-state index in [-0.39, 0.29) is 22.1 Å². The third-order valence-electron chi connectivity index (χ3n) is 4.04. The fourth-order valence-electron chi connectivity index (χ4n) is 2.61. The molecule has 2 aromatic carbocycles. The number of aromatic hydroxyl groups is 1. The van der Waals surface area contributed by atoms with E-state index in [0.717, 1.165) is 0 Å². The van der Waals surface area contributed by atoms with Crippen LogP contribution in [-0.4, -0.2) is 40.8 Å². The molecule has 0 aliphatic carbocycles. The first-order valence-corrected chi connectivity index (χ1v) is 9.15. The lowest BCUT2D eigenvalue weighted by Crippen LogP contribution is -2.33. The molecule has 3 rings (SSSR count). The molecule has 0 aliphatic rings. The van der Waals surface area contributed by atoms with Crippen molar-refractivity contribution in [2.45, 2.75) is 6.18 Å². The largest absolute Gasteiger partial charge is 0.508 e. The molecular weight excluding hydrogens is 437 g/mol. The Morgan fingerprint density at radius 3 is 2.55 bits per heavy atom. The minimum Gasteiger partial charge on any atom is -0.508 e. The van der Waals surface area contributed by atoms with Gasteiger partial charge in [-0.3, -0.25) is 9.78 Å². The first kappa shape index (κ1) is 22.2. The van der Waals surface area contributed by atoms with Gasteiger partial charge in [0.05, 0.1) is 41.5 Å². The minimum atomic E-state index is -4.55. The number of hydrogen-bond donors (Lipinski definition) is 3. The average molecular weight is 453 g/mol. The average Bonchev–Trinajstić information content (AvgIpc) is 2.73. The van der Waals surface area contributed by atoms with Crippen molar-refractivity contribution >= 4 is 29.0 Å². The highest BCUT2D eigenvalue weighted by Crippen LogP contribution is 2.33. The molecule has 0 unspecified atom stereocenters. The molecule has 0 fully saturated rings. The highest BCUT2D eigenvalue weighted by atomic mass is 35.5. The van der Waals surface area contributed by atoms with Gasteiger partial charge in [0.1, 0.15) is 23.9 Å². The van der Waals surface area contributed by atoms with Crippen molar-refractivity contribution in [1.82, 2.24) is 15.3 Å². The van der Waals surface area contributed by atoms with E-state index in [0.29, 0.717) is 22.8 Å². The summed E-state index contributed by atoms with van der Waals surface area (Å²) in [7, 11) is 1.28. The van der Waals surface area contributed by atoms with Gasteiger partial charge < -0.3 is 20.5 Å². The van der Waals surface area contributed by atoms with Crippen molar-refractivity contribution in [3.63, 3.8) is 0 Å². The van der Waals surface area contributed by atoms with Gasteiger partial charge in [0.25, 0.3) is 5.91 Å². The van der Waals surface area contributed by atoms with E-state index in [4.69, 9.17) is 16.3 Å². The fraction of sp³-hybridized carbons (Fsp3) is 0.150. The molecule has 0 bridgehead atoms. The number of methoxy groups -OCH3 is 1. The van der Waals surface area contributed by atoms with Gasteiger partial charge in [-0.15, -0.1) is 0 Å². The number of nitrogens with one attached hydrogen (secondary N) is 2. The number of carbonyl (C=O) groups excluding carboxylic acids is 1. The number of amides is 1. The number of anilines is 2. The topological polar surface area (TPSA) is 96.4 Å². The van der Waals surface area contributed by atoms with E-state index in [9.17, 15) is 23.1 Å². The predicted molar refractivity (Wildman–Crippen MR) is 109 cm³/mol. The first-order chi connectivity index (χ1) is 14.7. The van der Waals surface area contributed by atoms with Crippen LogP contribution in [0.5, 0.6) is 11.5 Å². The van der Waals surface area contributed by atoms with Crippen LogP contribution in [-0.2, 0) is 0 Å². The highest BCUT2D eigenvalue weighted by molar-refractivity contribution is 6.33. The normalized spacial score (nSPS) is 11.1. The third-order valence-corrected chi connectivity index (χ3v) is 4.36. The number of benzene rings is 2. The monoisotopic (exact) mass is 452 g/mol. The molecule has 3 aromatic rings. The number of aromatic nitrogens is 2. The molecule has 0 aliphatic heterocycles. The molecule has 7 nitrogen and oxygen atoms in total. The van der Waals surface area contributed by atoms with Crippen LogP contribution in [0.2, 0.25) is 5.02 Å². The molecule has 11 heteroatoms. The molecular formula is C20H16ClF3N4O3. The van der Waals surface area contributed by atoms with E-state index < -0.39 is 18.6 Å². The molecule has 1 heterocycles. The van der Waals surface area contributed by atoms with Crippen molar-refractivity contribution in [3.8, 4) is 22.8 Å². The number of halogens is 4. The summed E-state index contributed by atoms with van der Waals surface area (Å²) in [6, 6.07) is 8.95. The Morgan fingerprint density at radius 2 is 1.90 bits per heavy atom. The van der Waals surface area contributed by atoms with Crippen LogP contribution in [0, 0.1) is 0 Å². The number of phenolic OH excluding ortho intramolecular Hbond substituents is 1. The van der Waals surface area contributed by atoms with Crippen LogP contribution in [0.1, 0.15) is 10.4 Å². The predicted octanol–water partition coefficient (Wildman–Crippen LogP) is 4.55. The Bertz CT molecular complexity index is 1090. The summed E-state index contributed by atoms with van der Waals surface area (Å²) in [5.74, 6) is -0.515. The second kappa shape index (κ2) is 9.09. The maximum Gasteiger partial charge on any atom is 0.405 e. The number of phenols is 1. The Hall–Kier alpha value is -3.53. The van der Waals surface area contributed by atoms with Crippen molar-refractivity contribution in [1.29, 1.82) is 0 Å². The Morgan fingerprint density at radius 1 is 1.19 bits per heavy atom. The second-order valence-electron chi connectivity index (χ2n) is 6.29. The number of ether oxygens (including phenoxy) is 1. The van der Waals surface area contributed by atoms with Crippen molar-refractivity contribution in [3.05, 3.63) is 59.4 Å². The van der Waals surface area contributed by atoms with E-state index in [2.05, 4.69) is 15.3 Å². The number of carbonyl (C=O) groups is 1. The zero-order chi connectivity index (χ0) is 22.6. The Kier molecular flexibility index (Phi) is 6.50. The van der Waals surface area contributed by atoms with Gasteiger partial charge in [0.15, 0.2) is 0 Å². The van der Waals surface area contributed by atoms with Crippen LogP contribution in [0.3, 0.4) is 0 Å². The van der Waals surface area contributed by atoms with Gasteiger partial charge >= 0.3 is 6.18 Å². The summed E-state index contributed by atoms with van der Waals surface area (Å²) < 4.78 is 42.2. The molecule has 0 atom stereocenters. The summed E-state index contributed by atoms with van der Waals surface area (Å²) in [6.07, 6.45) is -1.57. The van der Waals surface area contributed by atoms with Crippen LogP contribution < -0.4 is 15.4 Å². The molecule has 162 valence electrons. The van der Waals surface area contributed by atoms with Crippen LogP contribution in [0.25, 0.3) is 11.3 Å². The minimum absolute atomic E-state index is 0.0224. The number of hydrogen-bond acceptors (Lipinski definition) is 6. The van der Waals surface area contributed by atoms with Crippen LogP contribution in [0.4, 0.5) is 24.7 Å². The van der Waals surface area contributed by atoms with Gasteiger partial charge in [-0.05, 0) is 30.3 Å². The zero-order valence-electron chi connectivity index (χ0n) is 16.0. The molecule has 1 amide bonds. The fourth-order valence-corrected chi connectivity index (χ4v) is 2.82.